The summed E-state index contributed by atoms with van der Waals surface area (Å²) in [5.74, 6) is -4.11. The Kier molecular flexibility index (Phi) is 8.27. The van der Waals surface area contributed by atoms with E-state index < -0.39 is 29.6 Å². The van der Waals surface area contributed by atoms with Crippen LogP contribution in [0.15, 0.2) is 53.1 Å². The van der Waals surface area contributed by atoms with E-state index in [2.05, 4.69) is 16.7 Å². The number of carbonyl (C=O) groups excluding carboxylic acids is 3. The zero-order chi connectivity index (χ0) is 24.1. The molecule has 7 nitrogen and oxygen atoms in total. The Morgan fingerprint density at radius 2 is 1.76 bits per heavy atom. The number of nitrogens with zero attached hydrogens (tertiary/aromatic N) is 1. The van der Waals surface area contributed by atoms with E-state index in [-0.39, 0.29) is 16.4 Å². The Labute approximate surface area is 209 Å². The van der Waals surface area contributed by atoms with E-state index in [1.807, 2.05) is 0 Å². The summed E-state index contributed by atoms with van der Waals surface area (Å²) in [4.78, 5) is 37.6. The van der Waals surface area contributed by atoms with Crippen LogP contribution in [0.2, 0.25) is 15.1 Å². The van der Waals surface area contributed by atoms with E-state index in [1.54, 1.807) is 24.3 Å². The molecule has 0 saturated heterocycles. The van der Waals surface area contributed by atoms with Crippen molar-refractivity contribution in [2.75, 3.05) is 18.2 Å². The smallest absolute Gasteiger partial charge is 0.319 e. The molecule has 0 aliphatic carbocycles. The average Bonchev–Trinajstić information content (AvgIpc) is 2.76. The Morgan fingerprint density at radius 3 is 2.33 bits per heavy atom. The Balaban J connectivity index is 1.88. The van der Waals surface area contributed by atoms with Crippen LogP contribution in [-0.4, -0.2) is 30.6 Å². The van der Waals surface area contributed by atoms with E-state index in [4.69, 9.17) is 39.5 Å². The van der Waals surface area contributed by atoms with Gasteiger partial charge in [0.25, 0.3) is 0 Å². The van der Waals surface area contributed by atoms with E-state index in [0.717, 1.165) is 11.8 Å². The lowest BCUT2D eigenvalue weighted by atomic mass is 9.78. The third-order valence-electron chi connectivity index (χ3n) is 4.71. The number of hydrogen-bond acceptors (Lipinski definition) is 6. The molecule has 2 amide bonds. The number of thioether (sulfide) groups is 1. The number of esters is 1. The van der Waals surface area contributed by atoms with Gasteiger partial charge in [-0.25, -0.2) is 0 Å². The molecule has 170 valence electrons. The minimum absolute atomic E-state index is 0.124. The number of nitrogens with one attached hydrogen (secondary N) is 2. The molecule has 2 aromatic carbocycles. The summed E-state index contributed by atoms with van der Waals surface area (Å²) in [6.45, 7) is 0. The van der Waals surface area contributed by atoms with Crippen LogP contribution in [0.5, 0.6) is 0 Å². The number of rotatable bonds is 6. The van der Waals surface area contributed by atoms with Gasteiger partial charge in [-0.3, -0.25) is 14.4 Å². The maximum absolute atomic E-state index is 12.8. The average molecular weight is 525 g/mol. The molecule has 2 aromatic rings. The summed E-state index contributed by atoms with van der Waals surface area (Å²) < 4.78 is 4.80. The lowest BCUT2D eigenvalue weighted by molar-refractivity contribution is -0.150. The molecule has 1 aliphatic rings. The molecule has 2 atom stereocenters. The second kappa shape index (κ2) is 10.9. The molecule has 3 rings (SSSR count). The molecule has 2 N–H and O–H groups in total. The molecule has 0 fully saturated rings. The Morgan fingerprint density at radius 1 is 1.12 bits per heavy atom. The van der Waals surface area contributed by atoms with Crippen LogP contribution >= 0.6 is 46.6 Å². The van der Waals surface area contributed by atoms with E-state index in [1.165, 1.54) is 25.3 Å². The molecule has 11 heteroatoms. The van der Waals surface area contributed by atoms with Crippen LogP contribution in [-0.2, 0) is 19.1 Å². The van der Waals surface area contributed by atoms with Crippen molar-refractivity contribution in [2.45, 2.75) is 5.92 Å². The molecule has 0 saturated carbocycles. The molecule has 1 heterocycles. The predicted octanol–water partition coefficient (Wildman–Crippen LogP) is 4.76. The molecule has 1 aliphatic heterocycles. The van der Waals surface area contributed by atoms with Gasteiger partial charge in [-0.15, -0.1) is 0 Å². The quantitative estimate of drug-likeness (QED) is 0.417. The van der Waals surface area contributed by atoms with Gasteiger partial charge in [0.05, 0.1) is 29.5 Å². The summed E-state index contributed by atoms with van der Waals surface area (Å²) in [6, 6.07) is 13.2. The highest BCUT2D eigenvalue weighted by atomic mass is 35.5. The highest BCUT2D eigenvalue weighted by molar-refractivity contribution is 8.03. The monoisotopic (exact) mass is 523 g/mol. The third kappa shape index (κ3) is 6.01. The van der Waals surface area contributed by atoms with Crippen molar-refractivity contribution in [3.8, 4) is 6.07 Å². The largest absolute Gasteiger partial charge is 0.468 e. The maximum Gasteiger partial charge on any atom is 0.319 e. The number of benzene rings is 2. The van der Waals surface area contributed by atoms with Crippen molar-refractivity contribution in [1.82, 2.24) is 5.32 Å². The van der Waals surface area contributed by atoms with Crippen LogP contribution in [0.4, 0.5) is 5.69 Å². The molecular weight excluding hydrogens is 509 g/mol. The van der Waals surface area contributed by atoms with Gasteiger partial charge in [0.2, 0.25) is 11.8 Å². The van der Waals surface area contributed by atoms with Gasteiger partial charge in [-0.05, 0) is 35.9 Å². The highest BCUT2D eigenvalue weighted by Crippen LogP contribution is 2.40. The predicted molar refractivity (Wildman–Crippen MR) is 128 cm³/mol. The van der Waals surface area contributed by atoms with Crippen LogP contribution in [0.3, 0.4) is 0 Å². The van der Waals surface area contributed by atoms with Crippen LogP contribution < -0.4 is 10.6 Å². The molecule has 33 heavy (non-hydrogen) atoms. The van der Waals surface area contributed by atoms with Gasteiger partial charge in [-0.1, -0.05) is 58.7 Å². The first-order valence-corrected chi connectivity index (χ1v) is 11.5. The van der Waals surface area contributed by atoms with Gasteiger partial charge >= 0.3 is 5.97 Å². The zero-order valence-electron chi connectivity index (χ0n) is 17.0. The van der Waals surface area contributed by atoms with Gasteiger partial charge in [0.1, 0.15) is 5.92 Å². The van der Waals surface area contributed by atoms with Crippen molar-refractivity contribution in [3.63, 3.8) is 0 Å². The molecule has 0 radical (unpaired) electrons. The fourth-order valence-electron chi connectivity index (χ4n) is 3.31. The number of methoxy groups -OCH3 is 1. The number of anilines is 1. The highest BCUT2D eigenvalue weighted by Gasteiger charge is 2.44. The molecule has 0 aromatic heterocycles. The van der Waals surface area contributed by atoms with Gasteiger partial charge in [0.15, 0.2) is 0 Å². The van der Waals surface area contributed by atoms with E-state index >= 15 is 0 Å². The van der Waals surface area contributed by atoms with Crippen molar-refractivity contribution < 1.29 is 19.1 Å². The number of amides is 2. The summed E-state index contributed by atoms with van der Waals surface area (Å²) in [5.41, 5.74) is 1.08. The number of halogens is 3. The van der Waals surface area contributed by atoms with Crippen molar-refractivity contribution in [3.05, 3.63) is 73.7 Å². The summed E-state index contributed by atoms with van der Waals surface area (Å²) >= 11 is 18.8. The normalized spacial score (nSPS) is 17.7. The first kappa shape index (κ1) is 24.9. The number of hydrogen-bond donors (Lipinski definition) is 2. The summed E-state index contributed by atoms with van der Waals surface area (Å²) in [7, 11) is 1.17. The van der Waals surface area contributed by atoms with Crippen LogP contribution in [0.1, 0.15) is 11.5 Å². The third-order valence-corrected chi connectivity index (χ3v) is 6.41. The topological polar surface area (TPSA) is 108 Å². The second-order valence-corrected chi connectivity index (χ2v) is 9.16. The van der Waals surface area contributed by atoms with E-state index in [0.29, 0.717) is 26.3 Å². The van der Waals surface area contributed by atoms with E-state index in [9.17, 15) is 19.6 Å². The maximum atomic E-state index is 12.8. The summed E-state index contributed by atoms with van der Waals surface area (Å²) in [6.07, 6.45) is 0. The molecular formula is C22H16Cl3N3O4S. The number of nitriles is 1. The number of allylic oxidation sites excluding steroid dienone is 1. The Hall–Kier alpha value is -2.70. The number of carbonyl (C=O) groups is 3. The Bertz CT molecular complexity index is 1160. The summed E-state index contributed by atoms with van der Waals surface area (Å²) in [5, 5.41) is 16.5. The fraction of sp³-hybridized carbons (Fsp3) is 0.182. The SMILES string of the molecule is COC(=O)C1C(=O)NC(SCC(=O)Nc2cc(Cl)cc(Cl)c2)=C(C#N)C1c1ccc(Cl)cc1. The minimum atomic E-state index is -1.27. The lowest BCUT2D eigenvalue weighted by Crippen LogP contribution is -2.44. The van der Waals surface area contributed by atoms with Crippen molar-refractivity contribution >= 4 is 70.0 Å². The standard InChI is InChI=1S/C22H16Cl3N3O4S/c1-32-22(31)19-18(11-2-4-12(23)5-3-11)16(9-26)21(28-20(19)30)33-10-17(29)27-15-7-13(24)6-14(25)8-15/h2-8,18-19H,10H2,1H3,(H,27,29)(H,28,30). The van der Waals surface area contributed by atoms with Crippen LogP contribution in [0.25, 0.3) is 0 Å². The van der Waals surface area contributed by atoms with Crippen molar-refractivity contribution in [2.24, 2.45) is 5.92 Å². The molecule has 0 bridgehead atoms. The van der Waals surface area contributed by atoms with Crippen molar-refractivity contribution in [1.29, 1.82) is 5.26 Å². The minimum Gasteiger partial charge on any atom is -0.468 e. The van der Waals surface area contributed by atoms with Gasteiger partial charge in [-0.2, -0.15) is 5.26 Å². The van der Waals surface area contributed by atoms with Gasteiger partial charge < -0.3 is 15.4 Å². The second-order valence-electron chi connectivity index (χ2n) is 6.87. The number of ether oxygens (including phenoxy) is 1. The first-order valence-electron chi connectivity index (χ1n) is 9.40. The van der Waals surface area contributed by atoms with Crippen LogP contribution in [0, 0.1) is 17.2 Å². The lowest BCUT2D eigenvalue weighted by Gasteiger charge is -2.30. The zero-order valence-corrected chi connectivity index (χ0v) is 20.1. The molecule has 0 spiro atoms. The van der Waals surface area contributed by atoms with Gasteiger partial charge in [0, 0.05) is 26.7 Å². The fourth-order valence-corrected chi connectivity index (χ4v) is 4.81. The molecule has 2 unspecified atom stereocenters. The first-order chi connectivity index (χ1) is 15.7.